The molecule has 0 rings (SSSR count). The van der Waals surface area contributed by atoms with Gasteiger partial charge >= 0.3 is 0 Å². The van der Waals surface area contributed by atoms with Crippen molar-refractivity contribution < 1.29 is 16.5 Å². The van der Waals surface area contributed by atoms with Crippen LogP contribution in [0.25, 0.3) is 0 Å². The lowest BCUT2D eigenvalue weighted by molar-refractivity contribution is 0.288. The topological polar surface area (TPSA) is 40.5 Å². The fraction of sp³-hybridized carbons (Fsp3) is 1.00. The lowest BCUT2D eigenvalue weighted by Gasteiger charge is -2.33. The number of hydrogen-bond acceptors (Lipinski definition) is 1. The summed E-state index contributed by atoms with van der Waals surface area (Å²) in [5.41, 5.74) is 0. The molecule has 0 aliphatic carbocycles. The minimum atomic E-state index is -6.43. The van der Waals surface area contributed by atoms with Crippen molar-refractivity contribution in [1.29, 1.82) is 0 Å². The van der Waals surface area contributed by atoms with Crippen molar-refractivity contribution in [1.82, 2.24) is 4.31 Å². The van der Waals surface area contributed by atoms with Crippen LogP contribution < -0.4 is 0 Å². The van der Waals surface area contributed by atoms with Crippen LogP contribution >= 0.6 is 0 Å². The summed E-state index contributed by atoms with van der Waals surface area (Å²) in [6, 6.07) is 0. The maximum atomic E-state index is 12.1. The highest BCUT2D eigenvalue weighted by Crippen LogP contribution is 2.28. The van der Waals surface area contributed by atoms with E-state index in [0.29, 0.717) is 0 Å². The first-order chi connectivity index (χ1) is 4.28. The van der Waals surface area contributed by atoms with Gasteiger partial charge in [-0.3, -0.25) is 0 Å². The molecule has 6 heteroatoms. The van der Waals surface area contributed by atoms with Gasteiger partial charge in [0.25, 0.3) is 0 Å². The third kappa shape index (κ3) is 2.68. The zero-order valence-corrected chi connectivity index (χ0v) is 6.70. The molecular weight excluding hydrogens is 164 g/mol. The van der Waals surface area contributed by atoms with Crippen LogP contribution in [0.5, 0.6) is 0 Å². The second kappa shape index (κ2) is 2.52. The molecule has 0 aromatic rings. The first-order valence-corrected chi connectivity index (χ1v) is 4.57. The molecule has 0 bridgehead atoms. The molecule has 0 saturated heterocycles. The van der Waals surface area contributed by atoms with E-state index in [0.717, 1.165) is 0 Å². The second-order valence-corrected chi connectivity index (χ2v) is 3.70. The first-order valence-electron chi connectivity index (χ1n) is 2.89. The van der Waals surface area contributed by atoms with Gasteiger partial charge in [-0.2, -0.15) is 4.31 Å². The van der Waals surface area contributed by atoms with E-state index in [4.69, 9.17) is 4.55 Å². The molecule has 3 nitrogen and oxygen atoms in total. The van der Waals surface area contributed by atoms with Crippen molar-refractivity contribution >= 4 is 10.3 Å². The SMILES string of the molecule is CCN(CC)S(=O)(O)(F)F. The fourth-order valence-electron chi connectivity index (χ4n) is 0.640. The monoisotopic (exact) mass is 175 g/mol. The Morgan fingerprint density at radius 3 is 1.70 bits per heavy atom. The molecule has 0 saturated carbocycles. The van der Waals surface area contributed by atoms with Crippen LogP contribution in [0.15, 0.2) is 0 Å². The van der Waals surface area contributed by atoms with Crippen molar-refractivity contribution in [3.8, 4) is 0 Å². The molecule has 10 heavy (non-hydrogen) atoms. The summed E-state index contributed by atoms with van der Waals surface area (Å²) >= 11 is 0. The van der Waals surface area contributed by atoms with Gasteiger partial charge in [-0.25, -0.2) is 4.55 Å². The predicted octanol–water partition coefficient (Wildman–Crippen LogP) is 1.31. The minimum absolute atomic E-state index is 0.134. The Balaban J connectivity index is 4.45. The number of hydrogen-bond donors (Lipinski definition) is 1. The second-order valence-electron chi connectivity index (χ2n) is 1.81. The van der Waals surface area contributed by atoms with Gasteiger partial charge in [0.15, 0.2) is 0 Å². The van der Waals surface area contributed by atoms with Crippen molar-refractivity contribution in [3.63, 3.8) is 0 Å². The molecule has 0 atom stereocenters. The number of rotatable bonds is 3. The van der Waals surface area contributed by atoms with Crippen LogP contribution in [0, 0.1) is 0 Å². The minimum Gasteiger partial charge on any atom is -0.242 e. The molecule has 0 unspecified atom stereocenters. The Morgan fingerprint density at radius 2 is 1.70 bits per heavy atom. The standard InChI is InChI=1S/C4H11F2NO2S/c1-3-7(4-2)10(5,6,8)9/h3-4H2,1-2H3,(H,8,9). The molecule has 0 aliphatic rings. The van der Waals surface area contributed by atoms with Gasteiger partial charge in [0.2, 0.25) is 0 Å². The quantitative estimate of drug-likeness (QED) is 0.657. The van der Waals surface area contributed by atoms with Crippen molar-refractivity contribution in [2.45, 2.75) is 13.8 Å². The van der Waals surface area contributed by atoms with E-state index in [1.165, 1.54) is 13.8 Å². The van der Waals surface area contributed by atoms with E-state index in [2.05, 4.69) is 0 Å². The summed E-state index contributed by atoms with van der Waals surface area (Å²) in [7, 11) is -6.43. The van der Waals surface area contributed by atoms with Gasteiger partial charge in [-0.05, 0) is 0 Å². The normalized spacial score (nSPS) is 16.8. The van der Waals surface area contributed by atoms with Crippen LogP contribution in [-0.2, 0) is 10.3 Å². The van der Waals surface area contributed by atoms with Gasteiger partial charge in [-0.1, -0.05) is 21.6 Å². The van der Waals surface area contributed by atoms with Gasteiger partial charge < -0.3 is 0 Å². The fourth-order valence-corrected chi connectivity index (χ4v) is 1.47. The van der Waals surface area contributed by atoms with E-state index in [9.17, 15) is 12.0 Å². The Bertz CT molecular complexity index is 163. The molecule has 0 amide bonds. The Morgan fingerprint density at radius 1 is 1.40 bits per heavy atom. The highest BCUT2D eigenvalue weighted by atomic mass is 32.4. The zero-order valence-electron chi connectivity index (χ0n) is 5.88. The van der Waals surface area contributed by atoms with Gasteiger partial charge in [0, 0.05) is 13.1 Å². The Labute approximate surface area is 59.0 Å². The van der Waals surface area contributed by atoms with E-state index >= 15 is 0 Å². The molecule has 0 aromatic carbocycles. The van der Waals surface area contributed by atoms with E-state index < -0.39 is 10.3 Å². The molecule has 0 heterocycles. The molecule has 64 valence electrons. The molecule has 0 spiro atoms. The maximum Gasteiger partial charge on any atom is 0.127 e. The molecule has 0 radical (unpaired) electrons. The lowest BCUT2D eigenvalue weighted by atomic mass is 10.7. The van der Waals surface area contributed by atoms with E-state index in [-0.39, 0.29) is 17.4 Å². The third-order valence-electron chi connectivity index (χ3n) is 1.12. The van der Waals surface area contributed by atoms with Gasteiger partial charge in [-0.15, -0.1) is 4.21 Å². The molecule has 1 N–H and O–H groups in total. The first kappa shape index (κ1) is 9.93. The Hall–Kier alpha value is -0.0700. The van der Waals surface area contributed by atoms with Gasteiger partial charge in [0.05, 0.1) is 0 Å². The number of nitrogens with zero attached hydrogens (tertiary/aromatic N) is 1. The van der Waals surface area contributed by atoms with Crippen LogP contribution in [0.3, 0.4) is 0 Å². The maximum absolute atomic E-state index is 12.1. The van der Waals surface area contributed by atoms with E-state index in [1.54, 1.807) is 0 Å². The third-order valence-corrected chi connectivity index (χ3v) is 2.47. The zero-order chi connectivity index (χ0) is 8.44. The highest BCUT2D eigenvalue weighted by molar-refractivity contribution is 8.03. The van der Waals surface area contributed by atoms with Crippen molar-refractivity contribution in [2.24, 2.45) is 0 Å². The predicted molar refractivity (Wildman–Crippen MR) is 35.9 cm³/mol. The Kier molecular flexibility index (Phi) is 2.50. The van der Waals surface area contributed by atoms with Crippen LogP contribution in [0.4, 0.5) is 7.77 Å². The van der Waals surface area contributed by atoms with Crippen molar-refractivity contribution in [2.75, 3.05) is 13.1 Å². The molecular formula is C4H11F2NO2S. The number of halogens is 2. The van der Waals surface area contributed by atoms with Crippen LogP contribution in [0.2, 0.25) is 0 Å². The average molecular weight is 175 g/mol. The average Bonchev–Trinajstić information content (AvgIpc) is 1.62. The summed E-state index contributed by atoms with van der Waals surface area (Å²) < 4.78 is 42.6. The van der Waals surface area contributed by atoms with Gasteiger partial charge in [0.1, 0.15) is 10.3 Å². The van der Waals surface area contributed by atoms with Crippen LogP contribution in [-0.4, -0.2) is 26.2 Å². The lowest BCUT2D eigenvalue weighted by Crippen LogP contribution is -2.42. The van der Waals surface area contributed by atoms with E-state index in [1.807, 2.05) is 0 Å². The summed E-state index contributed by atoms with van der Waals surface area (Å²) in [6.45, 7) is 2.52. The highest BCUT2D eigenvalue weighted by Gasteiger charge is 2.30. The summed E-state index contributed by atoms with van der Waals surface area (Å²) in [5.74, 6) is 0. The van der Waals surface area contributed by atoms with Crippen LogP contribution in [0.1, 0.15) is 13.8 Å². The smallest absolute Gasteiger partial charge is 0.127 e. The molecule has 0 aromatic heterocycles. The summed E-state index contributed by atoms with van der Waals surface area (Å²) in [6.07, 6.45) is 0. The summed E-state index contributed by atoms with van der Waals surface area (Å²) in [4.78, 5) is 0. The van der Waals surface area contributed by atoms with Crippen molar-refractivity contribution in [3.05, 3.63) is 0 Å². The summed E-state index contributed by atoms with van der Waals surface area (Å²) in [5, 5.41) is 0. The molecule has 0 aliphatic heterocycles. The molecule has 0 fully saturated rings. The largest absolute Gasteiger partial charge is 0.242 e.